The number of aromatic nitrogens is 1. The lowest BCUT2D eigenvalue weighted by molar-refractivity contribution is -0.384. The largest absolute Gasteiger partial charge is 0.493 e. The summed E-state index contributed by atoms with van der Waals surface area (Å²) in [6, 6.07) is 10.6. The van der Waals surface area contributed by atoms with Crippen LogP contribution in [0.4, 0.5) is 11.5 Å². The van der Waals surface area contributed by atoms with Gasteiger partial charge in [0.25, 0.3) is 0 Å². The highest BCUT2D eigenvalue weighted by Crippen LogP contribution is 2.21. The number of nitro groups is 1. The van der Waals surface area contributed by atoms with Gasteiger partial charge in [0.15, 0.2) is 0 Å². The lowest BCUT2D eigenvalue weighted by Crippen LogP contribution is -2.06. The predicted molar refractivity (Wildman–Crippen MR) is 85.0 cm³/mol. The fourth-order valence-corrected chi connectivity index (χ4v) is 1.87. The van der Waals surface area contributed by atoms with Crippen molar-refractivity contribution in [1.82, 2.24) is 4.98 Å². The van der Waals surface area contributed by atoms with Crippen LogP contribution in [0, 0.1) is 16.0 Å². The molecule has 0 amide bonds. The van der Waals surface area contributed by atoms with Crippen molar-refractivity contribution in [2.24, 2.45) is 5.92 Å². The minimum atomic E-state index is -0.447. The Kier molecular flexibility index (Phi) is 5.30. The summed E-state index contributed by atoms with van der Waals surface area (Å²) in [7, 11) is 0. The number of rotatable bonds is 7. The summed E-state index contributed by atoms with van der Waals surface area (Å²) in [5.41, 5.74) is 0.941. The first kappa shape index (κ1) is 15.8. The number of hydrogen-bond donors (Lipinski definition) is 1. The summed E-state index contributed by atoms with van der Waals surface area (Å²) in [5.74, 6) is 1.52. The maximum atomic E-state index is 10.9. The van der Waals surface area contributed by atoms with Gasteiger partial charge in [0.05, 0.1) is 11.5 Å². The third-order valence-corrected chi connectivity index (χ3v) is 2.92. The molecule has 0 bridgehead atoms. The molecule has 0 radical (unpaired) electrons. The zero-order chi connectivity index (χ0) is 15.9. The zero-order valence-corrected chi connectivity index (χ0v) is 12.7. The second-order valence-electron chi connectivity index (χ2n) is 5.33. The molecule has 6 heteroatoms. The SMILES string of the molecule is CC(C)COc1cccc(CNc2ncccc2[N+](=O)[O-])c1. The van der Waals surface area contributed by atoms with Crippen molar-refractivity contribution in [3.63, 3.8) is 0 Å². The molecule has 0 atom stereocenters. The third-order valence-electron chi connectivity index (χ3n) is 2.92. The van der Waals surface area contributed by atoms with Crippen molar-refractivity contribution in [1.29, 1.82) is 0 Å². The van der Waals surface area contributed by atoms with Crippen LogP contribution in [0.25, 0.3) is 0 Å². The smallest absolute Gasteiger partial charge is 0.311 e. The molecular formula is C16H19N3O3. The molecule has 1 heterocycles. The number of benzene rings is 1. The summed E-state index contributed by atoms with van der Waals surface area (Å²) >= 11 is 0. The molecule has 0 saturated heterocycles. The summed E-state index contributed by atoms with van der Waals surface area (Å²) < 4.78 is 5.67. The lowest BCUT2D eigenvalue weighted by atomic mass is 10.2. The standard InChI is InChI=1S/C16H19N3O3/c1-12(2)11-22-14-6-3-5-13(9-14)10-18-16-15(19(20)21)7-4-8-17-16/h3-9,12H,10-11H2,1-2H3,(H,17,18). The van der Waals surface area contributed by atoms with Gasteiger partial charge in [0.2, 0.25) is 5.82 Å². The van der Waals surface area contributed by atoms with Gasteiger partial charge < -0.3 is 10.1 Å². The molecule has 2 rings (SSSR count). The Bertz CT molecular complexity index is 644. The van der Waals surface area contributed by atoms with Crippen LogP contribution in [0.5, 0.6) is 5.75 Å². The van der Waals surface area contributed by atoms with Crippen molar-refractivity contribution in [3.8, 4) is 5.75 Å². The minimum absolute atomic E-state index is 0.0327. The van der Waals surface area contributed by atoms with Crippen LogP contribution in [0.3, 0.4) is 0 Å². The molecule has 6 nitrogen and oxygen atoms in total. The Hall–Kier alpha value is -2.63. The maximum Gasteiger partial charge on any atom is 0.311 e. The predicted octanol–water partition coefficient (Wildman–Crippen LogP) is 3.64. The Morgan fingerprint density at radius 1 is 1.32 bits per heavy atom. The molecule has 0 aliphatic heterocycles. The Labute approximate surface area is 129 Å². The molecule has 0 aliphatic rings. The molecule has 0 spiro atoms. The second-order valence-corrected chi connectivity index (χ2v) is 5.33. The highest BCUT2D eigenvalue weighted by atomic mass is 16.6. The van der Waals surface area contributed by atoms with E-state index in [1.807, 2.05) is 24.3 Å². The Morgan fingerprint density at radius 2 is 2.14 bits per heavy atom. The van der Waals surface area contributed by atoms with Gasteiger partial charge >= 0.3 is 5.69 Å². The fourth-order valence-electron chi connectivity index (χ4n) is 1.87. The Balaban J connectivity index is 2.03. The van der Waals surface area contributed by atoms with Crippen molar-refractivity contribution in [2.45, 2.75) is 20.4 Å². The van der Waals surface area contributed by atoms with E-state index >= 15 is 0 Å². The van der Waals surface area contributed by atoms with E-state index in [2.05, 4.69) is 24.1 Å². The van der Waals surface area contributed by atoms with Crippen LogP contribution in [0.1, 0.15) is 19.4 Å². The summed E-state index contributed by atoms with van der Waals surface area (Å²) in [5, 5.41) is 13.9. The molecule has 2 aromatic rings. The molecule has 0 saturated carbocycles. The van der Waals surface area contributed by atoms with Crippen LogP contribution >= 0.6 is 0 Å². The molecule has 1 N–H and O–H groups in total. The fraction of sp³-hybridized carbons (Fsp3) is 0.312. The van der Waals surface area contributed by atoms with Gasteiger partial charge in [0, 0.05) is 18.8 Å². The first-order chi connectivity index (χ1) is 10.6. The number of anilines is 1. The number of hydrogen-bond acceptors (Lipinski definition) is 5. The topological polar surface area (TPSA) is 77.3 Å². The van der Waals surface area contributed by atoms with E-state index in [1.54, 1.807) is 6.07 Å². The number of ether oxygens (including phenoxy) is 1. The summed E-state index contributed by atoms with van der Waals surface area (Å²) in [6.07, 6.45) is 1.53. The number of nitrogens with one attached hydrogen (secondary N) is 1. The van der Waals surface area contributed by atoms with E-state index in [9.17, 15) is 10.1 Å². The van der Waals surface area contributed by atoms with Gasteiger partial charge in [-0.1, -0.05) is 26.0 Å². The van der Waals surface area contributed by atoms with Gasteiger partial charge in [0.1, 0.15) is 5.75 Å². The van der Waals surface area contributed by atoms with Gasteiger partial charge in [-0.05, 0) is 29.7 Å². The average molecular weight is 301 g/mol. The van der Waals surface area contributed by atoms with Crippen LogP contribution in [-0.4, -0.2) is 16.5 Å². The van der Waals surface area contributed by atoms with E-state index < -0.39 is 4.92 Å². The molecule has 0 unspecified atom stereocenters. The van der Waals surface area contributed by atoms with Crippen molar-refractivity contribution < 1.29 is 9.66 Å². The highest BCUT2D eigenvalue weighted by Gasteiger charge is 2.13. The maximum absolute atomic E-state index is 10.9. The molecule has 0 aliphatic carbocycles. The molecule has 1 aromatic carbocycles. The van der Waals surface area contributed by atoms with Gasteiger partial charge in [-0.15, -0.1) is 0 Å². The zero-order valence-electron chi connectivity index (χ0n) is 12.7. The first-order valence-electron chi connectivity index (χ1n) is 7.11. The van der Waals surface area contributed by atoms with E-state index in [4.69, 9.17) is 4.74 Å². The van der Waals surface area contributed by atoms with Gasteiger partial charge in [-0.25, -0.2) is 4.98 Å². The van der Waals surface area contributed by atoms with E-state index in [0.717, 1.165) is 11.3 Å². The summed E-state index contributed by atoms with van der Waals surface area (Å²) in [4.78, 5) is 14.5. The van der Waals surface area contributed by atoms with E-state index in [1.165, 1.54) is 12.3 Å². The first-order valence-corrected chi connectivity index (χ1v) is 7.11. The molecular weight excluding hydrogens is 282 g/mol. The van der Waals surface area contributed by atoms with Crippen molar-refractivity contribution in [3.05, 3.63) is 58.3 Å². The third kappa shape index (κ3) is 4.44. The average Bonchev–Trinajstić information content (AvgIpc) is 2.51. The van der Waals surface area contributed by atoms with Gasteiger partial charge in [-0.3, -0.25) is 10.1 Å². The monoisotopic (exact) mass is 301 g/mol. The lowest BCUT2D eigenvalue weighted by Gasteiger charge is -2.10. The van der Waals surface area contributed by atoms with Gasteiger partial charge in [-0.2, -0.15) is 0 Å². The highest BCUT2D eigenvalue weighted by molar-refractivity contribution is 5.55. The molecule has 22 heavy (non-hydrogen) atoms. The Morgan fingerprint density at radius 3 is 2.86 bits per heavy atom. The molecule has 0 fully saturated rings. The van der Waals surface area contributed by atoms with E-state index in [0.29, 0.717) is 19.1 Å². The van der Waals surface area contributed by atoms with Crippen LogP contribution in [0.15, 0.2) is 42.6 Å². The summed E-state index contributed by atoms with van der Waals surface area (Å²) in [6.45, 7) is 5.27. The molecule has 1 aromatic heterocycles. The number of pyridine rings is 1. The quantitative estimate of drug-likeness (QED) is 0.624. The van der Waals surface area contributed by atoms with Crippen molar-refractivity contribution >= 4 is 11.5 Å². The van der Waals surface area contributed by atoms with Crippen LogP contribution in [-0.2, 0) is 6.54 Å². The van der Waals surface area contributed by atoms with Crippen molar-refractivity contribution in [2.75, 3.05) is 11.9 Å². The van der Waals surface area contributed by atoms with E-state index in [-0.39, 0.29) is 11.5 Å². The number of nitrogens with zero attached hydrogens (tertiary/aromatic N) is 2. The second kappa shape index (κ2) is 7.40. The minimum Gasteiger partial charge on any atom is -0.493 e. The van der Waals surface area contributed by atoms with Crippen LogP contribution in [0.2, 0.25) is 0 Å². The van der Waals surface area contributed by atoms with Crippen LogP contribution < -0.4 is 10.1 Å². The normalized spacial score (nSPS) is 10.5. The molecule has 116 valence electrons.